The lowest BCUT2D eigenvalue weighted by Gasteiger charge is -2.01. The van der Waals surface area contributed by atoms with Crippen molar-refractivity contribution in [3.05, 3.63) is 26.9 Å². The monoisotopic (exact) mass is 293 g/mol. The fourth-order valence-corrected chi connectivity index (χ4v) is 1.80. The molecule has 0 saturated heterocycles. The Labute approximate surface area is 87.9 Å². The molecule has 0 amide bonds. The average Bonchev–Trinajstić information content (AvgIpc) is 2.48. The van der Waals surface area contributed by atoms with Crippen molar-refractivity contribution in [2.75, 3.05) is 0 Å². The third-order valence-electron chi connectivity index (χ3n) is 1.61. The van der Waals surface area contributed by atoms with Crippen molar-refractivity contribution in [1.82, 2.24) is 14.4 Å². The van der Waals surface area contributed by atoms with Gasteiger partial charge in [0.15, 0.2) is 5.65 Å². The molecule has 0 atom stereocenters. The first kappa shape index (κ1) is 8.25. The van der Waals surface area contributed by atoms with Gasteiger partial charge in [-0.3, -0.25) is 4.40 Å². The molecule has 2 aromatic heterocycles. The van der Waals surface area contributed by atoms with Crippen molar-refractivity contribution >= 4 is 39.8 Å². The summed E-state index contributed by atoms with van der Waals surface area (Å²) < 4.78 is 2.80. The van der Waals surface area contributed by atoms with E-state index in [2.05, 4.69) is 32.6 Å². The van der Waals surface area contributed by atoms with Crippen LogP contribution in [0.1, 0.15) is 5.69 Å². The van der Waals surface area contributed by atoms with E-state index in [0.717, 1.165) is 14.9 Å². The van der Waals surface area contributed by atoms with Crippen LogP contribution >= 0.6 is 34.2 Å². The molecule has 0 aromatic carbocycles. The molecule has 0 unspecified atom stereocenters. The molecule has 62 valence electrons. The van der Waals surface area contributed by atoms with Crippen LogP contribution < -0.4 is 0 Å². The number of hydrogen-bond acceptors (Lipinski definition) is 2. The maximum Gasteiger partial charge on any atom is 0.208 e. The van der Waals surface area contributed by atoms with Crippen molar-refractivity contribution in [2.24, 2.45) is 0 Å². The van der Waals surface area contributed by atoms with Crippen LogP contribution in [-0.4, -0.2) is 14.4 Å². The van der Waals surface area contributed by atoms with Gasteiger partial charge in [-0.1, -0.05) is 0 Å². The summed E-state index contributed by atoms with van der Waals surface area (Å²) in [6.45, 7) is 1.92. The molecule has 0 bridgehead atoms. The summed E-state index contributed by atoms with van der Waals surface area (Å²) in [4.78, 5) is 8.33. The smallest absolute Gasteiger partial charge is 0.208 e. The molecule has 12 heavy (non-hydrogen) atoms. The van der Waals surface area contributed by atoms with Crippen LogP contribution in [0.5, 0.6) is 0 Å². The largest absolute Gasteiger partial charge is 0.274 e. The second kappa shape index (κ2) is 2.85. The van der Waals surface area contributed by atoms with Gasteiger partial charge in [-0.05, 0) is 41.1 Å². The molecule has 5 heteroatoms. The Kier molecular flexibility index (Phi) is 1.96. The molecule has 0 saturated carbocycles. The first-order chi connectivity index (χ1) is 5.70. The second-order valence-electron chi connectivity index (χ2n) is 2.40. The summed E-state index contributed by atoms with van der Waals surface area (Å²) in [6.07, 6.45) is 3.51. The summed E-state index contributed by atoms with van der Waals surface area (Å²) in [5.41, 5.74) is 1.78. The Balaban J connectivity index is 2.97. The molecule has 0 fully saturated rings. The van der Waals surface area contributed by atoms with E-state index in [-0.39, 0.29) is 0 Å². The topological polar surface area (TPSA) is 30.2 Å². The van der Waals surface area contributed by atoms with Gasteiger partial charge in [0.1, 0.15) is 0 Å². The van der Waals surface area contributed by atoms with E-state index >= 15 is 0 Å². The molecular formula is C7H5ClIN3. The van der Waals surface area contributed by atoms with Gasteiger partial charge in [0, 0.05) is 12.4 Å². The van der Waals surface area contributed by atoms with Crippen molar-refractivity contribution in [1.29, 1.82) is 0 Å². The average molecular weight is 293 g/mol. The molecule has 0 aliphatic carbocycles. The Hall–Kier alpha value is -0.360. The minimum absolute atomic E-state index is 0.459. The van der Waals surface area contributed by atoms with E-state index in [4.69, 9.17) is 11.6 Å². The highest BCUT2D eigenvalue weighted by Crippen LogP contribution is 2.18. The lowest BCUT2D eigenvalue weighted by atomic mass is 10.4. The lowest BCUT2D eigenvalue weighted by molar-refractivity contribution is 1.03. The Morgan fingerprint density at radius 1 is 1.58 bits per heavy atom. The molecule has 2 heterocycles. The molecule has 0 spiro atoms. The van der Waals surface area contributed by atoms with Crippen molar-refractivity contribution in [2.45, 2.75) is 6.92 Å². The first-order valence-electron chi connectivity index (χ1n) is 3.35. The molecule has 0 aliphatic heterocycles. The standard InChI is InChI=1S/C7H5ClIN3/c1-4-5(9)6-10-2-3-12(6)7(8)11-4/h2-3H,1H3. The van der Waals surface area contributed by atoms with Crippen LogP contribution in [0.4, 0.5) is 0 Å². The predicted molar refractivity (Wildman–Crippen MR) is 55.5 cm³/mol. The first-order valence-corrected chi connectivity index (χ1v) is 4.80. The molecule has 2 aromatic rings. The van der Waals surface area contributed by atoms with Crippen molar-refractivity contribution in [3.8, 4) is 0 Å². The maximum atomic E-state index is 5.88. The maximum absolute atomic E-state index is 5.88. The zero-order valence-electron chi connectivity index (χ0n) is 6.25. The van der Waals surface area contributed by atoms with E-state index in [1.165, 1.54) is 0 Å². The van der Waals surface area contributed by atoms with E-state index in [9.17, 15) is 0 Å². The number of fused-ring (bicyclic) bond motifs is 1. The number of rotatable bonds is 0. The van der Waals surface area contributed by atoms with E-state index in [1.807, 2.05) is 6.92 Å². The number of aryl methyl sites for hydroxylation is 1. The molecule has 0 N–H and O–H groups in total. The Bertz CT molecular complexity index is 437. The molecular weight excluding hydrogens is 288 g/mol. The zero-order valence-corrected chi connectivity index (χ0v) is 9.17. The third kappa shape index (κ3) is 1.09. The highest BCUT2D eigenvalue weighted by molar-refractivity contribution is 14.1. The van der Waals surface area contributed by atoms with Crippen LogP contribution in [0, 0.1) is 10.5 Å². The number of hydrogen-bond donors (Lipinski definition) is 0. The van der Waals surface area contributed by atoms with Gasteiger partial charge < -0.3 is 0 Å². The molecule has 2 rings (SSSR count). The number of imidazole rings is 1. The van der Waals surface area contributed by atoms with Gasteiger partial charge in [-0.25, -0.2) is 9.97 Å². The Morgan fingerprint density at radius 3 is 3.08 bits per heavy atom. The normalized spacial score (nSPS) is 10.9. The summed E-state index contributed by atoms with van der Waals surface area (Å²) in [5.74, 6) is 0. The predicted octanol–water partition coefficient (Wildman–Crippen LogP) is 2.30. The van der Waals surface area contributed by atoms with Gasteiger partial charge in [-0.15, -0.1) is 0 Å². The molecule has 0 radical (unpaired) electrons. The van der Waals surface area contributed by atoms with Gasteiger partial charge in [0.2, 0.25) is 5.28 Å². The number of halogens is 2. The Morgan fingerprint density at radius 2 is 2.33 bits per heavy atom. The summed E-state index contributed by atoms with van der Waals surface area (Å²) >= 11 is 8.10. The molecule has 3 nitrogen and oxygen atoms in total. The minimum atomic E-state index is 0.459. The zero-order chi connectivity index (χ0) is 8.72. The highest BCUT2D eigenvalue weighted by Gasteiger charge is 2.07. The number of nitrogens with zero attached hydrogens (tertiary/aromatic N) is 3. The highest BCUT2D eigenvalue weighted by atomic mass is 127. The third-order valence-corrected chi connectivity index (χ3v) is 3.14. The van der Waals surface area contributed by atoms with E-state index in [1.54, 1.807) is 16.8 Å². The van der Waals surface area contributed by atoms with Gasteiger partial charge in [0.25, 0.3) is 0 Å². The van der Waals surface area contributed by atoms with Crippen LogP contribution in [0.25, 0.3) is 5.65 Å². The van der Waals surface area contributed by atoms with Crippen LogP contribution in [-0.2, 0) is 0 Å². The lowest BCUT2D eigenvalue weighted by Crippen LogP contribution is -1.96. The van der Waals surface area contributed by atoms with Crippen molar-refractivity contribution in [3.63, 3.8) is 0 Å². The van der Waals surface area contributed by atoms with Crippen molar-refractivity contribution < 1.29 is 0 Å². The van der Waals surface area contributed by atoms with Crippen LogP contribution in [0.2, 0.25) is 5.28 Å². The molecule has 0 aliphatic rings. The SMILES string of the molecule is Cc1nc(Cl)n2ccnc2c1I. The second-order valence-corrected chi connectivity index (χ2v) is 3.82. The minimum Gasteiger partial charge on any atom is -0.274 e. The van der Waals surface area contributed by atoms with Gasteiger partial charge in [-0.2, -0.15) is 0 Å². The fourth-order valence-electron chi connectivity index (χ4n) is 1.02. The number of aromatic nitrogens is 3. The van der Waals surface area contributed by atoms with E-state index in [0.29, 0.717) is 5.28 Å². The van der Waals surface area contributed by atoms with Crippen LogP contribution in [0.3, 0.4) is 0 Å². The fraction of sp³-hybridized carbons (Fsp3) is 0.143. The van der Waals surface area contributed by atoms with Gasteiger partial charge in [0.05, 0.1) is 9.26 Å². The van der Waals surface area contributed by atoms with Gasteiger partial charge >= 0.3 is 0 Å². The summed E-state index contributed by atoms with van der Waals surface area (Å²) in [7, 11) is 0. The quantitative estimate of drug-likeness (QED) is 0.551. The summed E-state index contributed by atoms with van der Waals surface area (Å²) in [6, 6.07) is 0. The summed E-state index contributed by atoms with van der Waals surface area (Å²) in [5, 5.41) is 0.459. The van der Waals surface area contributed by atoms with Crippen LogP contribution in [0.15, 0.2) is 12.4 Å². The van der Waals surface area contributed by atoms with E-state index < -0.39 is 0 Å².